The second kappa shape index (κ2) is 6.38. The van der Waals surface area contributed by atoms with Crippen LogP contribution in [0.15, 0.2) is 28.7 Å². The van der Waals surface area contributed by atoms with Gasteiger partial charge in [0.1, 0.15) is 0 Å². The quantitative estimate of drug-likeness (QED) is 0.861. The van der Waals surface area contributed by atoms with Gasteiger partial charge in [0.25, 0.3) is 5.91 Å². The normalized spacial score (nSPS) is 19.6. The molecule has 2 rings (SSSR count). The monoisotopic (exact) mass is 318 g/mol. The molecule has 1 N–H and O–H groups in total. The third kappa shape index (κ3) is 3.69. The summed E-state index contributed by atoms with van der Waals surface area (Å²) in [5, 5.41) is 3.33. The minimum atomic E-state index is 0. The maximum atomic E-state index is 12.2. The predicted octanol–water partition coefficient (Wildman–Crippen LogP) is 2.30. The first kappa shape index (κ1) is 14.5. The highest BCUT2D eigenvalue weighted by Gasteiger charge is 2.21. The van der Waals surface area contributed by atoms with Gasteiger partial charge in [0.2, 0.25) is 0 Å². The lowest BCUT2D eigenvalue weighted by atomic mass is 10.1. The molecule has 0 saturated carbocycles. The number of carbonyl (C=O) groups excluding carboxylic acids is 1. The molecular weight excluding hydrogens is 304 g/mol. The molecule has 1 saturated heterocycles. The lowest BCUT2D eigenvalue weighted by Crippen LogP contribution is -2.51. The van der Waals surface area contributed by atoms with E-state index in [0.717, 1.165) is 29.7 Å². The first-order valence-electron chi connectivity index (χ1n) is 5.45. The minimum absolute atomic E-state index is 0. The van der Waals surface area contributed by atoms with Crippen molar-refractivity contribution in [3.05, 3.63) is 34.3 Å². The average molecular weight is 320 g/mol. The third-order valence-corrected chi connectivity index (χ3v) is 3.22. The number of benzene rings is 1. The summed E-state index contributed by atoms with van der Waals surface area (Å²) in [6, 6.07) is 7.93. The van der Waals surface area contributed by atoms with Crippen LogP contribution in [-0.4, -0.2) is 36.5 Å². The molecule has 1 fully saturated rings. The highest BCUT2D eigenvalue weighted by molar-refractivity contribution is 9.10. The van der Waals surface area contributed by atoms with Gasteiger partial charge in [-0.2, -0.15) is 0 Å². The van der Waals surface area contributed by atoms with Crippen LogP contribution in [0.3, 0.4) is 0 Å². The van der Waals surface area contributed by atoms with Crippen LogP contribution in [0, 0.1) is 0 Å². The lowest BCUT2D eigenvalue weighted by molar-refractivity contribution is 0.0709. The van der Waals surface area contributed by atoms with E-state index in [1.165, 1.54) is 0 Å². The molecule has 5 heteroatoms. The SMILES string of the molecule is C[C@H]1CN(C(=O)c2cccc(Br)c2)CCN1.Cl. The van der Waals surface area contributed by atoms with Crippen molar-refractivity contribution in [3.8, 4) is 0 Å². The summed E-state index contributed by atoms with van der Waals surface area (Å²) in [6.45, 7) is 4.54. The Bertz CT molecular complexity index is 400. The molecule has 94 valence electrons. The highest BCUT2D eigenvalue weighted by Crippen LogP contribution is 2.14. The van der Waals surface area contributed by atoms with E-state index in [2.05, 4.69) is 28.2 Å². The molecule has 1 aliphatic rings. The van der Waals surface area contributed by atoms with E-state index in [-0.39, 0.29) is 18.3 Å². The summed E-state index contributed by atoms with van der Waals surface area (Å²) in [5.74, 6) is 0.120. The van der Waals surface area contributed by atoms with Crippen LogP contribution in [0.5, 0.6) is 0 Å². The molecule has 1 aromatic carbocycles. The molecular formula is C12H16BrClN2O. The summed E-state index contributed by atoms with van der Waals surface area (Å²) in [7, 11) is 0. The van der Waals surface area contributed by atoms with Crippen molar-refractivity contribution in [2.75, 3.05) is 19.6 Å². The Balaban J connectivity index is 0.00000144. The smallest absolute Gasteiger partial charge is 0.253 e. The van der Waals surface area contributed by atoms with E-state index in [4.69, 9.17) is 0 Å². The molecule has 1 atom stereocenters. The first-order valence-corrected chi connectivity index (χ1v) is 6.24. The van der Waals surface area contributed by atoms with Crippen LogP contribution in [0.2, 0.25) is 0 Å². The first-order chi connectivity index (χ1) is 7.66. The number of rotatable bonds is 1. The molecule has 3 nitrogen and oxygen atoms in total. The number of hydrogen-bond acceptors (Lipinski definition) is 2. The Morgan fingerprint density at radius 3 is 2.94 bits per heavy atom. The minimum Gasteiger partial charge on any atom is -0.336 e. The van der Waals surface area contributed by atoms with Gasteiger partial charge in [0.15, 0.2) is 0 Å². The van der Waals surface area contributed by atoms with E-state index in [9.17, 15) is 4.79 Å². The molecule has 0 bridgehead atoms. The van der Waals surface area contributed by atoms with Gasteiger partial charge in [-0.05, 0) is 25.1 Å². The molecule has 1 heterocycles. The largest absolute Gasteiger partial charge is 0.336 e. The Kier molecular flexibility index (Phi) is 5.43. The number of hydrogen-bond donors (Lipinski definition) is 1. The van der Waals surface area contributed by atoms with E-state index < -0.39 is 0 Å². The van der Waals surface area contributed by atoms with Gasteiger partial charge in [-0.25, -0.2) is 0 Å². The number of carbonyl (C=O) groups is 1. The Hall–Kier alpha value is -0.580. The van der Waals surface area contributed by atoms with Gasteiger partial charge in [0.05, 0.1) is 0 Å². The average Bonchev–Trinajstić information content (AvgIpc) is 2.28. The Morgan fingerprint density at radius 2 is 2.29 bits per heavy atom. The Morgan fingerprint density at radius 1 is 1.53 bits per heavy atom. The Labute approximate surface area is 116 Å². The van der Waals surface area contributed by atoms with Gasteiger partial charge >= 0.3 is 0 Å². The standard InChI is InChI=1S/C12H15BrN2O.ClH/c1-9-8-15(6-5-14-9)12(16)10-3-2-4-11(13)7-10;/h2-4,7,9,14H,5-6,8H2,1H3;1H/t9-;/m0./s1. The van der Waals surface area contributed by atoms with Crippen molar-refractivity contribution in [2.45, 2.75) is 13.0 Å². The molecule has 1 aliphatic heterocycles. The van der Waals surface area contributed by atoms with Gasteiger partial charge < -0.3 is 10.2 Å². The summed E-state index contributed by atoms with van der Waals surface area (Å²) >= 11 is 3.38. The van der Waals surface area contributed by atoms with Gasteiger partial charge in [-0.15, -0.1) is 12.4 Å². The van der Waals surface area contributed by atoms with Crippen LogP contribution >= 0.6 is 28.3 Å². The number of amides is 1. The predicted molar refractivity (Wildman–Crippen MR) is 74.8 cm³/mol. The van der Waals surface area contributed by atoms with Gasteiger partial charge in [-0.3, -0.25) is 4.79 Å². The zero-order chi connectivity index (χ0) is 11.5. The van der Waals surface area contributed by atoms with E-state index in [1.807, 2.05) is 29.2 Å². The fraction of sp³-hybridized carbons (Fsp3) is 0.417. The van der Waals surface area contributed by atoms with Crippen LogP contribution in [0.25, 0.3) is 0 Å². The maximum Gasteiger partial charge on any atom is 0.253 e. The van der Waals surface area contributed by atoms with E-state index >= 15 is 0 Å². The molecule has 0 aromatic heterocycles. The van der Waals surface area contributed by atoms with Crippen molar-refractivity contribution in [3.63, 3.8) is 0 Å². The molecule has 0 aliphatic carbocycles. The van der Waals surface area contributed by atoms with Crippen molar-refractivity contribution < 1.29 is 4.79 Å². The number of nitrogens with zero attached hydrogens (tertiary/aromatic N) is 1. The van der Waals surface area contributed by atoms with Crippen molar-refractivity contribution in [1.29, 1.82) is 0 Å². The van der Waals surface area contributed by atoms with Crippen molar-refractivity contribution in [2.24, 2.45) is 0 Å². The molecule has 17 heavy (non-hydrogen) atoms. The van der Waals surface area contributed by atoms with Crippen molar-refractivity contribution >= 4 is 34.2 Å². The topological polar surface area (TPSA) is 32.3 Å². The molecule has 1 amide bonds. The second-order valence-corrected chi connectivity index (χ2v) is 5.03. The summed E-state index contributed by atoms with van der Waals surface area (Å²) in [5.41, 5.74) is 0.753. The molecule has 0 radical (unpaired) electrons. The fourth-order valence-corrected chi connectivity index (χ4v) is 2.32. The second-order valence-electron chi connectivity index (χ2n) is 4.12. The van der Waals surface area contributed by atoms with E-state index in [1.54, 1.807) is 0 Å². The zero-order valence-corrected chi connectivity index (χ0v) is 12.1. The molecule has 0 unspecified atom stereocenters. The molecule has 1 aromatic rings. The summed E-state index contributed by atoms with van der Waals surface area (Å²) in [6.07, 6.45) is 0. The zero-order valence-electron chi connectivity index (χ0n) is 9.65. The maximum absolute atomic E-state index is 12.2. The lowest BCUT2D eigenvalue weighted by Gasteiger charge is -2.32. The van der Waals surface area contributed by atoms with Crippen LogP contribution in [0.4, 0.5) is 0 Å². The third-order valence-electron chi connectivity index (χ3n) is 2.73. The fourth-order valence-electron chi connectivity index (χ4n) is 1.92. The molecule has 0 spiro atoms. The van der Waals surface area contributed by atoms with Crippen molar-refractivity contribution in [1.82, 2.24) is 10.2 Å². The summed E-state index contributed by atoms with van der Waals surface area (Å²) in [4.78, 5) is 14.1. The van der Waals surface area contributed by atoms with Gasteiger partial charge in [-0.1, -0.05) is 22.0 Å². The number of nitrogens with one attached hydrogen (secondary N) is 1. The van der Waals surface area contributed by atoms with Crippen LogP contribution in [-0.2, 0) is 0 Å². The highest BCUT2D eigenvalue weighted by atomic mass is 79.9. The number of halogens is 2. The van der Waals surface area contributed by atoms with Crippen LogP contribution in [0.1, 0.15) is 17.3 Å². The van der Waals surface area contributed by atoms with Crippen LogP contribution < -0.4 is 5.32 Å². The van der Waals surface area contributed by atoms with E-state index in [0.29, 0.717) is 6.04 Å². The number of piperazine rings is 1. The summed E-state index contributed by atoms with van der Waals surface area (Å²) < 4.78 is 0.946. The van der Waals surface area contributed by atoms with Gasteiger partial charge in [0, 0.05) is 35.7 Å².